The number of hydrogen-bond acceptors (Lipinski definition) is 3. The Hall–Kier alpha value is -3.08. The van der Waals surface area contributed by atoms with Gasteiger partial charge in [0.15, 0.2) is 0 Å². The molecule has 23 heavy (non-hydrogen) atoms. The third-order valence-corrected chi connectivity index (χ3v) is 3.03. The zero-order valence-corrected chi connectivity index (χ0v) is 12.3. The van der Waals surface area contributed by atoms with E-state index in [1.165, 1.54) is 6.08 Å². The van der Waals surface area contributed by atoms with E-state index in [9.17, 15) is 9.59 Å². The molecule has 5 heteroatoms. The zero-order chi connectivity index (χ0) is 16.7. The zero-order valence-electron chi connectivity index (χ0n) is 12.3. The fourth-order valence-electron chi connectivity index (χ4n) is 2.05. The Morgan fingerprint density at radius 1 is 1.00 bits per heavy atom. The van der Waals surface area contributed by atoms with Gasteiger partial charge in [0.25, 0.3) is 0 Å². The Morgan fingerprint density at radius 2 is 1.74 bits per heavy atom. The lowest BCUT2D eigenvalue weighted by atomic mass is 10.1. The van der Waals surface area contributed by atoms with Crippen LogP contribution in [0.4, 0.5) is 0 Å². The minimum Gasteiger partial charge on any atom is -0.489 e. The molecule has 2 rings (SSSR count). The van der Waals surface area contributed by atoms with Crippen LogP contribution in [0.1, 0.15) is 16.7 Å². The predicted octanol–water partition coefficient (Wildman–Crippen LogP) is 2.99. The number of benzene rings is 2. The normalized spacial score (nSPS) is 10.6. The van der Waals surface area contributed by atoms with Gasteiger partial charge in [0.1, 0.15) is 12.4 Å². The van der Waals surface area contributed by atoms with Crippen LogP contribution in [0, 0.1) is 0 Å². The maximum absolute atomic E-state index is 10.7. The Bertz CT molecular complexity index is 734. The first-order valence-electron chi connectivity index (χ1n) is 6.96. The minimum atomic E-state index is -1.01. The van der Waals surface area contributed by atoms with Gasteiger partial charge in [-0.1, -0.05) is 36.4 Å². The Balaban J connectivity index is 2.02. The van der Waals surface area contributed by atoms with Crippen molar-refractivity contribution in [1.82, 2.24) is 0 Å². The van der Waals surface area contributed by atoms with Crippen molar-refractivity contribution >= 4 is 18.0 Å². The quantitative estimate of drug-likeness (QED) is 0.768. The highest BCUT2D eigenvalue weighted by Crippen LogP contribution is 2.17. The lowest BCUT2D eigenvalue weighted by Crippen LogP contribution is -2.01. The first-order valence-corrected chi connectivity index (χ1v) is 6.96. The van der Waals surface area contributed by atoms with Gasteiger partial charge in [0, 0.05) is 6.08 Å². The highest BCUT2D eigenvalue weighted by atomic mass is 16.5. The summed E-state index contributed by atoms with van der Waals surface area (Å²) in [6, 6.07) is 14.3. The van der Waals surface area contributed by atoms with Gasteiger partial charge < -0.3 is 14.9 Å². The molecule has 2 aromatic carbocycles. The molecule has 2 aromatic rings. The summed E-state index contributed by atoms with van der Waals surface area (Å²) in [7, 11) is 0. The van der Waals surface area contributed by atoms with Crippen LogP contribution in [0.3, 0.4) is 0 Å². The topological polar surface area (TPSA) is 83.8 Å². The first-order chi connectivity index (χ1) is 11.0. The number of aliphatic carboxylic acids is 2. The summed E-state index contributed by atoms with van der Waals surface area (Å²) in [4.78, 5) is 21.2. The summed E-state index contributed by atoms with van der Waals surface area (Å²) in [6.45, 7) is 0.305. The van der Waals surface area contributed by atoms with E-state index in [2.05, 4.69) is 0 Å². The summed E-state index contributed by atoms with van der Waals surface area (Å²) in [6.07, 6.45) is 2.53. The molecule has 0 saturated heterocycles. The van der Waals surface area contributed by atoms with Crippen molar-refractivity contribution in [3.05, 3.63) is 71.3 Å². The van der Waals surface area contributed by atoms with Crippen molar-refractivity contribution in [3.63, 3.8) is 0 Å². The molecule has 0 radical (unpaired) electrons. The molecule has 0 amide bonds. The molecule has 0 aliphatic rings. The van der Waals surface area contributed by atoms with E-state index in [4.69, 9.17) is 14.9 Å². The van der Waals surface area contributed by atoms with Crippen LogP contribution in [0.2, 0.25) is 0 Å². The summed E-state index contributed by atoms with van der Waals surface area (Å²) < 4.78 is 5.67. The van der Waals surface area contributed by atoms with Crippen LogP contribution in [0.25, 0.3) is 6.08 Å². The van der Waals surface area contributed by atoms with Gasteiger partial charge >= 0.3 is 11.9 Å². The first kappa shape index (κ1) is 16.3. The molecule has 0 aliphatic heterocycles. The van der Waals surface area contributed by atoms with Gasteiger partial charge in [-0.25, -0.2) is 4.79 Å². The van der Waals surface area contributed by atoms with Gasteiger partial charge in [-0.05, 0) is 34.9 Å². The molecule has 0 heterocycles. The summed E-state index contributed by atoms with van der Waals surface area (Å²) in [5, 5.41) is 17.4. The third kappa shape index (κ3) is 5.67. The summed E-state index contributed by atoms with van der Waals surface area (Å²) >= 11 is 0. The molecule has 118 valence electrons. The average molecular weight is 312 g/mol. The highest BCUT2D eigenvalue weighted by molar-refractivity contribution is 5.85. The van der Waals surface area contributed by atoms with Crippen LogP contribution in [0.15, 0.2) is 54.6 Å². The van der Waals surface area contributed by atoms with Crippen LogP contribution < -0.4 is 4.74 Å². The fourth-order valence-corrected chi connectivity index (χ4v) is 2.05. The molecule has 0 atom stereocenters. The van der Waals surface area contributed by atoms with Gasteiger partial charge in [-0.3, -0.25) is 4.79 Å². The summed E-state index contributed by atoms with van der Waals surface area (Å²) in [5.74, 6) is -1.27. The Labute approximate surface area is 133 Å². The third-order valence-electron chi connectivity index (χ3n) is 3.03. The predicted molar refractivity (Wildman–Crippen MR) is 85.2 cm³/mol. The van der Waals surface area contributed by atoms with Crippen molar-refractivity contribution in [2.75, 3.05) is 0 Å². The highest BCUT2D eigenvalue weighted by Gasteiger charge is 2.02. The van der Waals surface area contributed by atoms with Gasteiger partial charge in [-0.15, -0.1) is 0 Å². The van der Waals surface area contributed by atoms with Crippen molar-refractivity contribution in [3.8, 4) is 5.75 Å². The smallest absolute Gasteiger partial charge is 0.328 e. The van der Waals surface area contributed by atoms with Crippen molar-refractivity contribution < 1.29 is 24.5 Å². The Morgan fingerprint density at radius 3 is 2.48 bits per heavy atom. The van der Waals surface area contributed by atoms with E-state index in [0.29, 0.717) is 12.4 Å². The van der Waals surface area contributed by atoms with Crippen LogP contribution in [-0.4, -0.2) is 22.2 Å². The number of rotatable bonds is 7. The standard InChI is InChI=1S/C18H16O5/c19-17(20)8-7-13-3-2-6-16(10-13)23-12-15-5-1-4-14(9-15)11-18(21)22/h1-10H,11-12H2,(H,19,20)(H,21,22)/b8-7+. The van der Waals surface area contributed by atoms with Crippen LogP contribution in [0.5, 0.6) is 5.75 Å². The molecule has 0 unspecified atom stereocenters. The number of ether oxygens (including phenoxy) is 1. The molecule has 0 saturated carbocycles. The largest absolute Gasteiger partial charge is 0.489 e. The molecule has 0 bridgehead atoms. The maximum Gasteiger partial charge on any atom is 0.328 e. The molecule has 0 spiro atoms. The maximum atomic E-state index is 10.7. The van der Waals surface area contributed by atoms with E-state index in [1.54, 1.807) is 42.5 Å². The lowest BCUT2D eigenvalue weighted by Gasteiger charge is -2.08. The second kappa shape index (κ2) is 7.79. The lowest BCUT2D eigenvalue weighted by molar-refractivity contribution is -0.136. The minimum absolute atomic E-state index is 0.0245. The molecule has 5 nitrogen and oxygen atoms in total. The van der Waals surface area contributed by atoms with E-state index >= 15 is 0 Å². The monoisotopic (exact) mass is 312 g/mol. The molecular formula is C18H16O5. The fraction of sp³-hybridized carbons (Fsp3) is 0.111. The molecule has 2 N–H and O–H groups in total. The number of hydrogen-bond donors (Lipinski definition) is 2. The van der Waals surface area contributed by atoms with Gasteiger partial charge in [-0.2, -0.15) is 0 Å². The molecule has 0 aliphatic carbocycles. The van der Waals surface area contributed by atoms with Crippen molar-refractivity contribution in [1.29, 1.82) is 0 Å². The average Bonchev–Trinajstić information content (AvgIpc) is 2.51. The summed E-state index contributed by atoms with van der Waals surface area (Å²) in [5.41, 5.74) is 2.32. The molecule has 0 aromatic heterocycles. The van der Waals surface area contributed by atoms with E-state index in [1.807, 2.05) is 6.07 Å². The van der Waals surface area contributed by atoms with Crippen molar-refractivity contribution in [2.24, 2.45) is 0 Å². The van der Waals surface area contributed by atoms with Crippen LogP contribution in [-0.2, 0) is 22.6 Å². The van der Waals surface area contributed by atoms with Crippen molar-refractivity contribution in [2.45, 2.75) is 13.0 Å². The number of carbonyl (C=O) groups is 2. The second-order valence-corrected chi connectivity index (χ2v) is 4.92. The van der Waals surface area contributed by atoms with Gasteiger partial charge in [0.05, 0.1) is 6.42 Å². The van der Waals surface area contributed by atoms with E-state index in [-0.39, 0.29) is 6.42 Å². The second-order valence-electron chi connectivity index (χ2n) is 4.92. The Kier molecular flexibility index (Phi) is 5.52. The molecular weight excluding hydrogens is 296 g/mol. The molecule has 0 fully saturated rings. The SMILES string of the molecule is O=C(O)/C=C/c1cccc(OCc2cccc(CC(=O)O)c2)c1. The van der Waals surface area contributed by atoms with Crippen LogP contribution >= 0.6 is 0 Å². The number of carboxylic acid groups (broad SMARTS) is 2. The van der Waals surface area contributed by atoms with Gasteiger partial charge in [0.2, 0.25) is 0 Å². The van der Waals surface area contributed by atoms with E-state index < -0.39 is 11.9 Å². The van der Waals surface area contributed by atoms with E-state index in [0.717, 1.165) is 22.8 Å². The number of carboxylic acids is 2.